The summed E-state index contributed by atoms with van der Waals surface area (Å²) in [4.78, 5) is 0. The van der Waals surface area contributed by atoms with Gasteiger partial charge < -0.3 is 16.8 Å². The molecule has 1 atom stereocenters. The summed E-state index contributed by atoms with van der Waals surface area (Å²) in [6.45, 7) is 0. The van der Waals surface area contributed by atoms with Crippen LogP contribution >= 0.6 is 0 Å². The molecule has 1 heterocycles. The van der Waals surface area contributed by atoms with Crippen LogP contribution < -0.4 is 16.8 Å². The van der Waals surface area contributed by atoms with Crippen molar-refractivity contribution in [1.29, 1.82) is 0 Å². The third-order valence-corrected chi connectivity index (χ3v) is 3.65. The van der Waals surface area contributed by atoms with Crippen molar-refractivity contribution in [2.75, 3.05) is 5.73 Å². The first-order chi connectivity index (χ1) is 10.4. The molecule has 7 heteroatoms. The Balaban J connectivity index is 2.30. The lowest BCUT2D eigenvalue weighted by atomic mass is 9.85. The Kier molecular flexibility index (Phi) is 3.10. The fraction of sp³-hybridized carbons (Fsp3) is 0.0667. The fourth-order valence-electron chi connectivity index (χ4n) is 2.53. The predicted octanol–water partition coefficient (Wildman–Crippen LogP) is 2.56. The molecule has 114 valence electrons. The maximum atomic E-state index is 14.1. The topological polar surface area (TPSA) is 64.1 Å². The molecule has 1 aliphatic heterocycles. The van der Waals surface area contributed by atoms with Crippen molar-refractivity contribution in [3.63, 3.8) is 0 Å². The van der Waals surface area contributed by atoms with Crippen LogP contribution in [0.15, 0.2) is 30.5 Å². The summed E-state index contributed by atoms with van der Waals surface area (Å²) in [7, 11) is 0. The van der Waals surface area contributed by atoms with Crippen LogP contribution in [0.4, 0.5) is 23.2 Å². The molecule has 0 aromatic heterocycles. The predicted molar refractivity (Wildman–Crippen MR) is 74.3 cm³/mol. The minimum absolute atomic E-state index is 0.319. The van der Waals surface area contributed by atoms with Crippen LogP contribution in [0.3, 0.4) is 0 Å². The maximum Gasteiger partial charge on any atom is 0.197 e. The van der Waals surface area contributed by atoms with Crippen molar-refractivity contribution in [3.05, 3.63) is 70.4 Å². The van der Waals surface area contributed by atoms with Crippen molar-refractivity contribution in [2.45, 2.75) is 5.66 Å². The van der Waals surface area contributed by atoms with Gasteiger partial charge in [-0.1, -0.05) is 12.1 Å². The van der Waals surface area contributed by atoms with Gasteiger partial charge in [-0.05, 0) is 24.4 Å². The van der Waals surface area contributed by atoms with E-state index in [-0.39, 0.29) is 0 Å². The van der Waals surface area contributed by atoms with E-state index in [1.165, 1.54) is 6.20 Å². The second kappa shape index (κ2) is 4.74. The number of nitrogens with one attached hydrogen (secondary N) is 1. The molecule has 0 saturated carbocycles. The first kappa shape index (κ1) is 14.4. The summed E-state index contributed by atoms with van der Waals surface area (Å²) in [5, 5.41) is 2.66. The molecule has 0 bridgehead atoms. The van der Waals surface area contributed by atoms with Crippen LogP contribution in [0.5, 0.6) is 0 Å². The second-order valence-corrected chi connectivity index (χ2v) is 4.94. The summed E-state index contributed by atoms with van der Waals surface area (Å²) in [5.41, 5.74) is 10.8. The highest BCUT2D eigenvalue weighted by atomic mass is 19.2. The summed E-state index contributed by atoms with van der Waals surface area (Å²) in [6, 6.07) is 5.26. The molecule has 0 amide bonds. The number of fused-ring (bicyclic) bond motifs is 1. The quantitative estimate of drug-likeness (QED) is 0.328. The molecule has 5 N–H and O–H groups in total. The maximum absolute atomic E-state index is 14.1. The van der Waals surface area contributed by atoms with Crippen LogP contribution in [-0.2, 0) is 5.66 Å². The minimum atomic E-state index is -1.92. The van der Waals surface area contributed by atoms with Gasteiger partial charge in [0.25, 0.3) is 0 Å². The number of anilines is 1. The lowest BCUT2D eigenvalue weighted by molar-refractivity contribution is 0.376. The Morgan fingerprint density at radius 3 is 2.41 bits per heavy atom. The Labute approximate surface area is 123 Å². The van der Waals surface area contributed by atoms with Gasteiger partial charge in [0.1, 0.15) is 5.66 Å². The molecule has 0 spiro atoms. The Morgan fingerprint density at radius 1 is 0.955 bits per heavy atom. The van der Waals surface area contributed by atoms with E-state index in [2.05, 4.69) is 5.32 Å². The number of hydrogen-bond donors (Lipinski definition) is 3. The third kappa shape index (κ3) is 1.86. The van der Waals surface area contributed by atoms with E-state index in [0.717, 1.165) is 0 Å². The van der Waals surface area contributed by atoms with E-state index in [1.54, 1.807) is 24.3 Å². The van der Waals surface area contributed by atoms with Crippen LogP contribution in [0, 0.1) is 23.3 Å². The fourth-order valence-corrected chi connectivity index (χ4v) is 2.53. The number of benzene rings is 2. The third-order valence-electron chi connectivity index (χ3n) is 3.65. The molecule has 0 fully saturated rings. The highest BCUT2D eigenvalue weighted by Gasteiger charge is 2.38. The molecule has 0 saturated heterocycles. The van der Waals surface area contributed by atoms with Gasteiger partial charge in [-0.2, -0.15) is 0 Å². The normalized spacial score (nSPS) is 19.7. The van der Waals surface area contributed by atoms with Crippen molar-refractivity contribution in [2.24, 2.45) is 5.73 Å². The van der Waals surface area contributed by atoms with Crippen molar-refractivity contribution in [1.82, 2.24) is 5.32 Å². The van der Waals surface area contributed by atoms with Crippen LogP contribution in [0.25, 0.3) is 6.08 Å². The molecule has 3 nitrogen and oxygen atoms in total. The van der Waals surface area contributed by atoms with Crippen LogP contribution in [-0.4, -0.2) is 0 Å². The zero-order valence-corrected chi connectivity index (χ0v) is 11.1. The van der Waals surface area contributed by atoms with Gasteiger partial charge in [0.2, 0.25) is 0 Å². The van der Waals surface area contributed by atoms with Gasteiger partial charge in [0.15, 0.2) is 23.3 Å². The summed E-state index contributed by atoms with van der Waals surface area (Å²) in [6.07, 6.45) is 2.99. The molecule has 1 aliphatic rings. The lowest BCUT2D eigenvalue weighted by Crippen LogP contribution is -2.51. The van der Waals surface area contributed by atoms with Gasteiger partial charge >= 0.3 is 0 Å². The Bertz CT molecular complexity index is 804. The SMILES string of the molecule is Nc1cccc2c1C=CNC2(N)c1cc(F)c(F)c(F)c1F. The first-order valence-electron chi connectivity index (χ1n) is 6.32. The van der Waals surface area contributed by atoms with Crippen LogP contribution in [0.1, 0.15) is 16.7 Å². The van der Waals surface area contributed by atoms with Crippen LogP contribution in [0.2, 0.25) is 0 Å². The first-order valence-corrected chi connectivity index (χ1v) is 6.32. The monoisotopic (exact) mass is 309 g/mol. The minimum Gasteiger partial charge on any atom is -0.398 e. The van der Waals surface area contributed by atoms with Gasteiger partial charge in [-0.3, -0.25) is 0 Å². The summed E-state index contributed by atoms with van der Waals surface area (Å²) in [5.74, 6) is -6.89. The molecule has 22 heavy (non-hydrogen) atoms. The zero-order valence-electron chi connectivity index (χ0n) is 11.1. The molecular weight excluding hydrogens is 298 g/mol. The molecule has 3 rings (SSSR count). The molecular formula is C15H11F4N3. The summed E-state index contributed by atoms with van der Waals surface area (Å²) >= 11 is 0. The average molecular weight is 309 g/mol. The number of nitrogens with two attached hydrogens (primary N) is 2. The van der Waals surface area contributed by atoms with Gasteiger partial charge in [0.05, 0.1) is 0 Å². The Hall–Kier alpha value is -2.54. The van der Waals surface area contributed by atoms with E-state index in [4.69, 9.17) is 11.5 Å². The molecule has 2 aromatic carbocycles. The van der Waals surface area contributed by atoms with E-state index in [9.17, 15) is 17.6 Å². The highest BCUT2D eigenvalue weighted by Crippen LogP contribution is 2.36. The van der Waals surface area contributed by atoms with Gasteiger partial charge in [-0.25, -0.2) is 17.6 Å². The lowest BCUT2D eigenvalue weighted by Gasteiger charge is -2.35. The summed E-state index contributed by atoms with van der Waals surface area (Å²) < 4.78 is 54.3. The smallest absolute Gasteiger partial charge is 0.197 e. The zero-order chi connectivity index (χ0) is 16.1. The van der Waals surface area contributed by atoms with Crippen molar-refractivity contribution < 1.29 is 17.6 Å². The molecule has 2 aromatic rings. The van der Waals surface area contributed by atoms with Gasteiger partial charge in [-0.15, -0.1) is 0 Å². The average Bonchev–Trinajstić information content (AvgIpc) is 2.50. The Morgan fingerprint density at radius 2 is 1.68 bits per heavy atom. The van der Waals surface area contributed by atoms with E-state index in [1.807, 2.05) is 0 Å². The van der Waals surface area contributed by atoms with E-state index < -0.39 is 34.5 Å². The number of rotatable bonds is 1. The largest absolute Gasteiger partial charge is 0.398 e. The highest BCUT2D eigenvalue weighted by molar-refractivity contribution is 5.71. The molecule has 0 aliphatic carbocycles. The number of halogens is 4. The van der Waals surface area contributed by atoms with E-state index >= 15 is 0 Å². The van der Waals surface area contributed by atoms with Crippen molar-refractivity contribution in [3.8, 4) is 0 Å². The number of nitrogen functional groups attached to an aromatic ring is 1. The number of hydrogen-bond acceptors (Lipinski definition) is 3. The molecule has 0 radical (unpaired) electrons. The second-order valence-electron chi connectivity index (χ2n) is 4.94. The van der Waals surface area contributed by atoms with E-state index in [0.29, 0.717) is 22.9 Å². The molecule has 1 unspecified atom stereocenters. The standard InChI is InChI=1S/C15H11F4N3/c16-10-6-9(12(17)14(19)13(10)18)15(21)8-2-1-3-11(20)7(8)4-5-22-15/h1-6,22H,20-21H2. The van der Waals surface area contributed by atoms with Crippen molar-refractivity contribution >= 4 is 11.8 Å². The van der Waals surface area contributed by atoms with Gasteiger partial charge in [0, 0.05) is 22.4 Å².